The molecule has 0 atom stereocenters. The molecular formula is C13H24N4S2. The van der Waals surface area contributed by atoms with Crippen molar-refractivity contribution in [2.75, 3.05) is 25.1 Å². The Morgan fingerprint density at radius 2 is 2.37 bits per heavy atom. The zero-order chi connectivity index (χ0) is 13.9. The maximum absolute atomic E-state index is 4.54. The molecule has 0 aliphatic rings. The molecule has 0 saturated carbocycles. The Morgan fingerprint density at radius 3 is 3.00 bits per heavy atom. The van der Waals surface area contributed by atoms with Gasteiger partial charge in [-0.25, -0.2) is 4.98 Å². The number of aryl methyl sites for hydroxylation is 1. The van der Waals surface area contributed by atoms with Gasteiger partial charge in [-0.2, -0.15) is 11.8 Å². The van der Waals surface area contributed by atoms with Crippen molar-refractivity contribution < 1.29 is 0 Å². The van der Waals surface area contributed by atoms with Crippen LogP contribution in [-0.2, 0) is 5.75 Å². The molecule has 0 aliphatic carbocycles. The molecule has 0 aliphatic heterocycles. The van der Waals surface area contributed by atoms with Crippen LogP contribution in [0.4, 0.5) is 0 Å². The fourth-order valence-corrected chi connectivity index (χ4v) is 2.80. The van der Waals surface area contributed by atoms with Gasteiger partial charge in [0.2, 0.25) is 0 Å². The van der Waals surface area contributed by atoms with Crippen LogP contribution in [0.3, 0.4) is 0 Å². The molecule has 1 rings (SSSR count). The van der Waals surface area contributed by atoms with Crippen LogP contribution in [0, 0.1) is 6.92 Å². The van der Waals surface area contributed by atoms with E-state index in [4.69, 9.17) is 0 Å². The molecule has 0 amide bonds. The van der Waals surface area contributed by atoms with E-state index in [0.29, 0.717) is 0 Å². The van der Waals surface area contributed by atoms with Crippen molar-refractivity contribution in [3.8, 4) is 0 Å². The summed E-state index contributed by atoms with van der Waals surface area (Å²) in [5, 5.41) is 4.45. The molecule has 1 aromatic heterocycles. The highest BCUT2D eigenvalue weighted by Gasteiger charge is 2.01. The van der Waals surface area contributed by atoms with Gasteiger partial charge in [-0.1, -0.05) is 25.1 Å². The van der Waals surface area contributed by atoms with Gasteiger partial charge in [0, 0.05) is 30.3 Å². The van der Waals surface area contributed by atoms with E-state index in [1.165, 1.54) is 18.5 Å². The molecule has 108 valence electrons. The quantitative estimate of drug-likeness (QED) is 0.440. The largest absolute Gasteiger partial charge is 0.364 e. The molecule has 0 bridgehead atoms. The van der Waals surface area contributed by atoms with Crippen LogP contribution in [0.5, 0.6) is 0 Å². The van der Waals surface area contributed by atoms with Crippen LogP contribution < -0.4 is 5.32 Å². The lowest BCUT2D eigenvalue weighted by Gasteiger charge is -2.07. The Bertz CT molecular complexity index is 376. The number of H-pyrrole nitrogens is 1. The van der Waals surface area contributed by atoms with Crippen molar-refractivity contribution in [2.45, 2.75) is 32.4 Å². The van der Waals surface area contributed by atoms with Crippen LogP contribution in [0.2, 0.25) is 0 Å². The highest BCUT2D eigenvalue weighted by atomic mass is 32.2. The van der Waals surface area contributed by atoms with Gasteiger partial charge in [0.15, 0.2) is 5.17 Å². The first kappa shape index (κ1) is 16.4. The lowest BCUT2D eigenvalue weighted by Crippen LogP contribution is -2.23. The first-order valence-corrected chi connectivity index (χ1v) is 9.04. The number of aliphatic imine (C=N–C) groups is 1. The molecule has 0 saturated heterocycles. The number of hydrogen-bond acceptors (Lipinski definition) is 4. The van der Waals surface area contributed by atoms with Crippen LogP contribution in [0.25, 0.3) is 0 Å². The van der Waals surface area contributed by atoms with Crippen molar-refractivity contribution in [3.05, 3.63) is 17.7 Å². The molecule has 1 heterocycles. The maximum Gasteiger partial charge on any atom is 0.156 e. The van der Waals surface area contributed by atoms with Crippen LogP contribution in [0.1, 0.15) is 31.2 Å². The average molecular weight is 300 g/mol. The van der Waals surface area contributed by atoms with Crippen LogP contribution >= 0.6 is 23.5 Å². The Balaban J connectivity index is 2.12. The Morgan fingerprint density at radius 1 is 1.53 bits per heavy atom. The van der Waals surface area contributed by atoms with Crippen molar-refractivity contribution in [3.63, 3.8) is 0 Å². The van der Waals surface area contributed by atoms with Gasteiger partial charge in [-0.05, 0) is 19.6 Å². The van der Waals surface area contributed by atoms with Gasteiger partial charge in [-0.15, -0.1) is 0 Å². The average Bonchev–Trinajstić information content (AvgIpc) is 2.82. The van der Waals surface area contributed by atoms with Crippen molar-refractivity contribution in [1.29, 1.82) is 0 Å². The van der Waals surface area contributed by atoms with Gasteiger partial charge >= 0.3 is 0 Å². The van der Waals surface area contributed by atoms with Crippen molar-refractivity contribution in [2.24, 2.45) is 4.99 Å². The molecule has 1 aromatic rings. The molecule has 4 nitrogen and oxygen atoms in total. The minimum atomic E-state index is 0.930. The Hall–Kier alpha value is -0.620. The number of amidine groups is 1. The molecule has 0 radical (unpaired) electrons. The predicted octanol–water partition coefficient (Wildman–Crippen LogP) is 3.06. The molecule has 0 aromatic carbocycles. The standard InChI is InChI=1S/C13H24N4S2/c1-4-5-6-14-13(18-3)15-7-8-19-9-12-11(2)16-10-17-12/h10H,4-9H2,1-3H3,(H,14,15)(H,16,17). The van der Waals surface area contributed by atoms with Gasteiger partial charge in [-0.3, -0.25) is 4.99 Å². The second-order valence-corrected chi connectivity index (χ2v) is 6.10. The number of nitrogens with one attached hydrogen (secondary N) is 2. The third-order valence-electron chi connectivity index (χ3n) is 2.66. The number of hydrogen-bond donors (Lipinski definition) is 2. The molecule has 2 N–H and O–H groups in total. The minimum absolute atomic E-state index is 0.930. The van der Waals surface area contributed by atoms with E-state index in [-0.39, 0.29) is 0 Å². The van der Waals surface area contributed by atoms with Gasteiger partial charge < -0.3 is 10.3 Å². The van der Waals surface area contributed by atoms with Crippen molar-refractivity contribution >= 4 is 28.7 Å². The normalized spacial score (nSPS) is 11.8. The summed E-state index contributed by atoms with van der Waals surface area (Å²) in [6, 6.07) is 0. The summed E-state index contributed by atoms with van der Waals surface area (Å²) in [5.74, 6) is 2.04. The highest BCUT2D eigenvalue weighted by Crippen LogP contribution is 2.11. The van der Waals surface area contributed by atoms with Crippen molar-refractivity contribution in [1.82, 2.24) is 15.3 Å². The maximum atomic E-state index is 4.54. The van der Waals surface area contributed by atoms with E-state index < -0.39 is 0 Å². The topological polar surface area (TPSA) is 53.1 Å². The molecular weight excluding hydrogens is 276 g/mol. The molecule has 0 spiro atoms. The third-order valence-corrected chi connectivity index (χ3v) is 4.29. The molecule has 0 fully saturated rings. The fourth-order valence-electron chi connectivity index (χ4n) is 1.46. The first-order chi connectivity index (χ1) is 9.27. The fraction of sp³-hybridized carbons (Fsp3) is 0.692. The summed E-state index contributed by atoms with van der Waals surface area (Å²) >= 11 is 3.59. The molecule has 6 heteroatoms. The predicted molar refractivity (Wildman–Crippen MR) is 88.2 cm³/mol. The Labute approximate surface area is 124 Å². The Kier molecular flexibility index (Phi) is 8.82. The van der Waals surface area contributed by atoms with E-state index >= 15 is 0 Å². The molecule has 0 unspecified atom stereocenters. The van der Waals surface area contributed by atoms with Gasteiger partial charge in [0.25, 0.3) is 0 Å². The van der Waals surface area contributed by atoms with E-state index in [1.54, 1.807) is 18.1 Å². The van der Waals surface area contributed by atoms with Gasteiger partial charge in [0.1, 0.15) is 0 Å². The van der Waals surface area contributed by atoms with Crippen LogP contribution in [0.15, 0.2) is 11.3 Å². The monoisotopic (exact) mass is 300 g/mol. The number of thioether (sulfide) groups is 2. The number of rotatable bonds is 8. The second kappa shape index (κ2) is 10.2. The second-order valence-electron chi connectivity index (χ2n) is 4.20. The number of imidazole rings is 1. The van der Waals surface area contributed by atoms with E-state index in [0.717, 1.165) is 35.5 Å². The summed E-state index contributed by atoms with van der Waals surface area (Å²) < 4.78 is 0. The zero-order valence-electron chi connectivity index (χ0n) is 12.0. The zero-order valence-corrected chi connectivity index (χ0v) is 13.7. The van der Waals surface area contributed by atoms with Gasteiger partial charge in [0.05, 0.1) is 12.0 Å². The summed E-state index contributed by atoms with van der Waals surface area (Å²) in [6.07, 6.45) is 6.19. The lowest BCUT2D eigenvalue weighted by molar-refractivity contribution is 0.804. The number of nitrogens with zero attached hydrogens (tertiary/aromatic N) is 2. The summed E-state index contributed by atoms with van der Waals surface area (Å²) in [6.45, 7) is 6.14. The third kappa shape index (κ3) is 6.92. The highest BCUT2D eigenvalue weighted by molar-refractivity contribution is 8.13. The summed E-state index contributed by atoms with van der Waals surface area (Å²) in [4.78, 5) is 11.9. The van der Waals surface area contributed by atoms with E-state index in [9.17, 15) is 0 Å². The SMILES string of the molecule is CCCCN=C(NCCSCc1nc[nH]c1C)SC. The number of aromatic amines is 1. The minimum Gasteiger partial charge on any atom is -0.364 e. The van der Waals surface area contributed by atoms with E-state index in [1.807, 2.05) is 11.8 Å². The first-order valence-electron chi connectivity index (χ1n) is 6.66. The van der Waals surface area contributed by atoms with Crippen LogP contribution in [-0.4, -0.2) is 40.2 Å². The summed E-state index contributed by atoms with van der Waals surface area (Å²) in [7, 11) is 0. The van der Waals surface area contributed by atoms with E-state index in [2.05, 4.69) is 40.4 Å². The molecule has 19 heavy (non-hydrogen) atoms. The lowest BCUT2D eigenvalue weighted by atomic mass is 10.3. The summed E-state index contributed by atoms with van der Waals surface area (Å²) in [5.41, 5.74) is 2.33. The number of aromatic nitrogens is 2. The number of unbranched alkanes of at least 4 members (excludes halogenated alkanes) is 1. The smallest absolute Gasteiger partial charge is 0.156 e.